The molecule has 0 saturated heterocycles. The Bertz CT molecular complexity index is 824. The summed E-state index contributed by atoms with van der Waals surface area (Å²) in [6.45, 7) is 0. The van der Waals surface area contributed by atoms with E-state index < -0.39 is 17.2 Å². The van der Waals surface area contributed by atoms with Crippen molar-refractivity contribution in [2.45, 2.75) is 6.32 Å². The highest BCUT2D eigenvalue weighted by Crippen LogP contribution is 2.19. The predicted octanol–water partition coefficient (Wildman–Crippen LogP) is 1.12. The third-order valence-electron chi connectivity index (χ3n) is 2.83. The number of aromatic nitrogens is 3. The number of nitrogens with zero attached hydrogens (tertiary/aromatic N) is 2. The molecule has 1 aromatic carbocycles. The summed E-state index contributed by atoms with van der Waals surface area (Å²) in [4.78, 5) is 14.0. The summed E-state index contributed by atoms with van der Waals surface area (Å²) in [6, 6.07) is 3.02. The molecule has 2 heterocycles. The number of hydrogen-bond acceptors (Lipinski definition) is 2. The molecule has 0 atom stereocenters. The molecule has 0 aliphatic carbocycles. The molecule has 18 heavy (non-hydrogen) atoms. The highest BCUT2D eigenvalue weighted by molar-refractivity contribution is 6.08. The third-order valence-corrected chi connectivity index (χ3v) is 2.83. The molecule has 88 valence electrons. The van der Waals surface area contributed by atoms with Crippen molar-refractivity contribution in [1.82, 2.24) is 14.6 Å². The van der Waals surface area contributed by atoms with Gasteiger partial charge in [0.2, 0.25) is 0 Å². The van der Waals surface area contributed by atoms with Crippen molar-refractivity contribution in [3.63, 3.8) is 0 Å². The molecule has 0 bridgehead atoms. The molecule has 0 unspecified atom stereocenters. The Balaban J connectivity index is 2.58. The van der Waals surface area contributed by atoms with Crippen LogP contribution in [0, 0.1) is 11.6 Å². The number of benzene rings is 1. The molecule has 0 spiro atoms. The lowest BCUT2D eigenvalue weighted by Crippen LogP contribution is -2.13. The lowest BCUT2D eigenvalue weighted by molar-refractivity contribution is 0.624. The highest BCUT2D eigenvalue weighted by Gasteiger charge is 2.14. The van der Waals surface area contributed by atoms with Gasteiger partial charge >= 0.3 is 0 Å². The molecule has 0 fully saturated rings. The summed E-state index contributed by atoms with van der Waals surface area (Å²) in [5.41, 5.74) is -0.445. The molecule has 2 aromatic heterocycles. The Labute approximate surface area is 101 Å². The maximum atomic E-state index is 14.0. The summed E-state index contributed by atoms with van der Waals surface area (Å²) in [6.07, 6.45) is 0.925. The first kappa shape index (κ1) is 10.9. The third kappa shape index (κ3) is 1.30. The predicted molar refractivity (Wildman–Crippen MR) is 62.7 cm³/mol. The van der Waals surface area contributed by atoms with E-state index in [2.05, 4.69) is 10.1 Å². The van der Waals surface area contributed by atoms with Gasteiger partial charge in [-0.05, 0) is 11.6 Å². The van der Waals surface area contributed by atoms with Gasteiger partial charge in [0.25, 0.3) is 5.56 Å². The van der Waals surface area contributed by atoms with Crippen molar-refractivity contribution < 1.29 is 8.78 Å². The van der Waals surface area contributed by atoms with Crippen LogP contribution in [0.3, 0.4) is 0 Å². The highest BCUT2D eigenvalue weighted by atomic mass is 19.1. The van der Waals surface area contributed by atoms with Crippen LogP contribution in [-0.4, -0.2) is 22.4 Å². The fourth-order valence-corrected chi connectivity index (χ4v) is 1.95. The maximum Gasteiger partial charge on any atom is 0.277 e. The first-order valence-electron chi connectivity index (χ1n) is 5.20. The molecule has 0 aliphatic heterocycles. The topological polar surface area (TPSA) is 50.2 Å². The van der Waals surface area contributed by atoms with Gasteiger partial charge in [-0.15, -0.1) is 0 Å². The molecule has 3 aromatic rings. The number of rotatable bonds is 1. The van der Waals surface area contributed by atoms with E-state index in [1.54, 1.807) is 0 Å². The van der Waals surface area contributed by atoms with Crippen LogP contribution in [0.25, 0.3) is 16.6 Å². The van der Waals surface area contributed by atoms with Gasteiger partial charge in [-0.25, -0.2) is 13.3 Å². The molecule has 0 saturated carbocycles. The van der Waals surface area contributed by atoms with E-state index in [9.17, 15) is 13.6 Å². The number of nitrogens with one attached hydrogen (secondary N) is 1. The van der Waals surface area contributed by atoms with Crippen LogP contribution >= 0.6 is 0 Å². The number of H-pyrrole nitrogens is 1. The number of aromatic amines is 1. The van der Waals surface area contributed by atoms with Crippen LogP contribution in [-0.2, 0) is 6.32 Å². The second kappa shape index (κ2) is 3.66. The molecule has 7 heteroatoms. The second-order valence-electron chi connectivity index (χ2n) is 3.84. The van der Waals surface area contributed by atoms with Crippen LogP contribution < -0.4 is 5.56 Å². The van der Waals surface area contributed by atoms with Gasteiger partial charge in [0.15, 0.2) is 17.2 Å². The quantitative estimate of drug-likeness (QED) is 0.653. The lowest BCUT2D eigenvalue weighted by Gasteiger charge is -2.05. The fraction of sp³-hybridized carbons (Fsp3) is 0.0909. The minimum absolute atomic E-state index is 0.00924. The first-order valence-corrected chi connectivity index (χ1v) is 5.20. The van der Waals surface area contributed by atoms with Crippen LogP contribution in [0.2, 0.25) is 0 Å². The van der Waals surface area contributed by atoms with E-state index in [1.165, 1.54) is 12.1 Å². The molecular formula is C11H6BF2N3O. The van der Waals surface area contributed by atoms with Gasteiger partial charge in [-0.2, -0.15) is 5.10 Å². The zero-order chi connectivity index (χ0) is 12.9. The minimum Gasteiger partial charge on any atom is -0.316 e. The lowest BCUT2D eigenvalue weighted by atomic mass is 9.96. The molecule has 1 N–H and O–H groups in total. The van der Waals surface area contributed by atoms with E-state index in [1.807, 2.05) is 0 Å². The van der Waals surface area contributed by atoms with E-state index in [-0.39, 0.29) is 28.4 Å². The largest absolute Gasteiger partial charge is 0.316 e. The molecule has 2 radical (unpaired) electrons. The van der Waals surface area contributed by atoms with Gasteiger partial charge in [-0.3, -0.25) is 4.79 Å². The monoisotopic (exact) mass is 245 g/mol. The van der Waals surface area contributed by atoms with E-state index in [4.69, 9.17) is 7.85 Å². The Morgan fingerprint density at radius 3 is 2.89 bits per heavy atom. The van der Waals surface area contributed by atoms with Crippen LogP contribution in [0.1, 0.15) is 5.56 Å². The number of fused-ring (bicyclic) bond motifs is 3. The van der Waals surface area contributed by atoms with E-state index in [0.29, 0.717) is 0 Å². The van der Waals surface area contributed by atoms with Crippen molar-refractivity contribution in [2.75, 3.05) is 0 Å². The summed E-state index contributed by atoms with van der Waals surface area (Å²) in [5, 5.41) is 3.73. The van der Waals surface area contributed by atoms with Gasteiger partial charge in [0.05, 0.1) is 19.6 Å². The summed E-state index contributed by atoms with van der Waals surface area (Å²) in [5.74, 6) is -1.37. The van der Waals surface area contributed by atoms with E-state index >= 15 is 0 Å². The SMILES string of the molecule is [B]Cc1ccc2c([nH]c(=O)c3c(F)cnn32)c1F. The molecule has 0 aliphatic rings. The Morgan fingerprint density at radius 2 is 2.17 bits per heavy atom. The number of halogens is 2. The van der Waals surface area contributed by atoms with Crippen molar-refractivity contribution in [1.29, 1.82) is 0 Å². The number of hydrogen-bond donors (Lipinski definition) is 1. The van der Waals surface area contributed by atoms with Gasteiger partial charge in [0, 0.05) is 0 Å². The standard InChI is InChI=1S/C11H6BF2N3O/c12-3-5-1-2-7-9(8(5)14)16-11(18)10-6(13)4-15-17(7)10/h1-2,4H,3H2,(H,16,18). The molecule has 4 nitrogen and oxygen atoms in total. The Hall–Kier alpha value is -2.18. The molecule has 3 rings (SSSR count). The van der Waals surface area contributed by atoms with Crippen molar-refractivity contribution >= 4 is 24.4 Å². The molecular weight excluding hydrogens is 239 g/mol. The Kier molecular flexibility index (Phi) is 2.23. The molecule has 0 amide bonds. The summed E-state index contributed by atoms with van der Waals surface area (Å²) >= 11 is 0. The van der Waals surface area contributed by atoms with Crippen molar-refractivity contribution in [3.05, 3.63) is 45.9 Å². The van der Waals surface area contributed by atoms with E-state index in [0.717, 1.165) is 10.7 Å². The van der Waals surface area contributed by atoms with Crippen LogP contribution in [0.15, 0.2) is 23.1 Å². The summed E-state index contributed by atoms with van der Waals surface area (Å²) < 4.78 is 28.4. The van der Waals surface area contributed by atoms with Crippen molar-refractivity contribution in [3.8, 4) is 0 Å². The average Bonchev–Trinajstić information content (AvgIpc) is 2.74. The van der Waals surface area contributed by atoms with Crippen LogP contribution in [0.4, 0.5) is 8.78 Å². The second-order valence-corrected chi connectivity index (χ2v) is 3.84. The Morgan fingerprint density at radius 1 is 1.39 bits per heavy atom. The fourth-order valence-electron chi connectivity index (χ4n) is 1.95. The van der Waals surface area contributed by atoms with Gasteiger partial charge < -0.3 is 4.98 Å². The first-order chi connectivity index (χ1) is 8.63. The zero-order valence-electron chi connectivity index (χ0n) is 9.08. The smallest absolute Gasteiger partial charge is 0.277 e. The maximum absolute atomic E-state index is 14.0. The minimum atomic E-state index is -0.749. The van der Waals surface area contributed by atoms with Crippen LogP contribution in [0.5, 0.6) is 0 Å². The normalized spacial score (nSPS) is 11.4. The zero-order valence-corrected chi connectivity index (χ0v) is 9.08. The van der Waals surface area contributed by atoms with Crippen molar-refractivity contribution in [2.24, 2.45) is 0 Å². The summed E-state index contributed by atoms with van der Waals surface area (Å²) in [7, 11) is 5.38. The average molecular weight is 245 g/mol. The van der Waals surface area contributed by atoms with Gasteiger partial charge in [0.1, 0.15) is 5.52 Å². The van der Waals surface area contributed by atoms with Gasteiger partial charge in [-0.1, -0.05) is 12.4 Å².